The summed E-state index contributed by atoms with van der Waals surface area (Å²) in [4.78, 5) is 65.9. The molecule has 0 spiro atoms. The van der Waals surface area contributed by atoms with Gasteiger partial charge in [-0.15, -0.1) is 0 Å². The van der Waals surface area contributed by atoms with Gasteiger partial charge in [0.25, 0.3) is 0 Å². The van der Waals surface area contributed by atoms with E-state index in [1.807, 2.05) is 5.32 Å². The Hall–Kier alpha value is -3.56. The molecule has 0 aliphatic heterocycles. The molecule has 0 aromatic carbocycles. The Bertz CT molecular complexity index is 829. The van der Waals surface area contributed by atoms with E-state index in [0.29, 0.717) is 5.69 Å². The predicted octanol–water partition coefficient (Wildman–Crippen LogP) is -3.94. The van der Waals surface area contributed by atoms with Crippen LogP contribution in [0.25, 0.3) is 0 Å². The van der Waals surface area contributed by atoms with Gasteiger partial charge in [0.15, 0.2) is 0 Å². The van der Waals surface area contributed by atoms with Gasteiger partial charge in [-0.3, -0.25) is 19.2 Å². The Morgan fingerprint density at radius 3 is 2.18 bits per heavy atom. The standard InChI is InChI=1S/C18H28N6O9/c1-8(26)14(17(31)23-12(6-25)18(32)33)24-16(30)11(2-3-13(27)28)22-15(29)10(19)4-9-5-20-7-21-9/h5,7-8,10-12,14,25-26H,2-4,6,19H2,1H3,(H,20,21)(H,22,29)(H,23,31)(H,24,30)(H,27,28)(H,32,33). The van der Waals surface area contributed by atoms with Gasteiger partial charge in [-0.05, 0) is 13.3 Å². The number of carbonyl (C=O) groups is 5. The molecule has 1 rings (SSSR count). The molecular formula is C18H28N6O9. The van der Waals surface area contributed by atoms with Gasteiger partial charge in [-0.2, -0.15) is 0 Å². The molecule has 5 atom stereocenters. The maximum atomic E-state index is 12.7. The molecule has 0 bridgehead atoms. The normalized spacial score (nSPS) is 15.4. The first-order chi connectivity index (χ1) is 15.5. The van der Waals surface area contributed by atoms with Crippen LogP contribution in [0, 0.1) is 0 Å². The zero-order valence-electron chi connectivity index (χ0n) is 17.7. The number of carboxylic acids is 2. The number of aliphatic hydroxyl groups is 2. The molecule has 15 nitrogen and oxygen atoms in total. The first kappa shape index (κ1) is 27.5. The average Bonchev–Trinajstić information content (AvgIpc) is 3.24. The first-order valence-corrected chi connectivity index (χ1v) is 9.83. The van der Waals surface area contributed by atoms with E-state index < -0.39 is 73.0 Å². The number of hydrogen-bond acceptors (Lipinski definition) is 9. The van der Waals surface area contributed by atoms with Crippen molar-refractivity contribution in [3.05, 3.63) is 18.2 Å². The van der Waals surface area contributed by atoms with E-state index in [-0.39, 0.29) is 12.8 Å². The highest BCUT2D eigenvalue weighted by Gasteiger charge is 2.32. The highest BCUT2D eigenvalue weighted by atomic mass is 16.4. The summed E-state index contributed by atoms with van der Waals surface area (Å²) in [6.07, 6.45) is 0.522. The lowest BCUT2D eigenvalue weighted by Crippen LogP contribution is -2.60. The number of carboxylic acid groups (broad SMARTS) is 2. The summed E-state index contributed by atoms with van der Waals surface area (Å²) in [5.41, 5.74) is 6.37. The van der Waals surface area contributed by atoms with Crippen molar-refractivity contribution in [2.45, 2.75) is 56.5 Å². The number of rotatable bonds is 14. The SMILES string of the molecule is CC(O)C(NC(=O)C(CCC(=O)O)NC(=O)C(N)Cc1cnc[nH]1)C(=O)NC(CO)C(=O)O. The van der Waals surface area contributed by atoms with E-state index in [4.69, 9.17) is 21.1 Å². The number of imidazole rings is 1. The number of carbonyl (C=O) groups excluding carboxylic acids is 3. The topological polar surface area (TPSA) is 257 Å². The van der Waals surface area contributed by atoms with Gasteiger partial charge in [-0.1, -0.05) is 0 Å². The number of nitrogens with two attached hydrogens (primary N) is 1. The van der Waals surface area contributed by atoms with Crippen molar-refractivity contribution in [2.75, 3.05) is 6.61 Å². The van der Waals surface area contributed by atoms with E-state index in [1.165, 1.54) is 12.5 Å². The fourth-order valence-electron chi connectivity index (χ4n) is 2.65. The monoisotopic (exact) mass is 472 g/mol. The van der Waals surface area contributed by atoms with Crippen molar-refractivity contribution in [2.24, 2.45) is 5.73 Å². The summed E-state index contributed by atoms with van der Waals surface area (Å²) in [6, 6.07) is -5.88. The van der Waals surface area contributed by atoms with Crippen LogP contribution in [0.5, 0.6) is 0 Å². The van der Waals surface area contributed by atoms with Gasteiger partial charge in [0.1, 0.15) is 18.1 Å². The molecule has 0 saturated carbocycles. The lowest BCUT2D eigenvalue weighted by atomic mass is 10.1. The summed E-state index contributed by atoms with van der Waals surface area (Å²) >= 11 is 0. The number of aromatic amines is 1. The number of aliphatic hydroxyl groups excluding tert-OH is 2. The molecule has 1 aromatic heterocycles. The minimum atomic E-state index is -1.68. The summed E-state index contributed by atoms with van der Waals surface area (Å²) in [5.74, 6) is -5.69. The summed E-state index contributed by atoms with van der Waals surface area (Å²) < 4.78 is 0. The third kappa shape index (κ3) is 9.22. The van der Waals surface area contributed by atoms with Gasteiger partial charge in [-0.25, -0.2) is 9.78 Å². The van der Waals surface area contributed by atoms with E-state index in [1.54, 1.807) is 0 Å². The van der Waals surface area contributed by atoms with Crippen LogP contribution in [0.4, 0.5) is 0 Å². The van der Waals surface area contributed by atoms with Crippen molar-refractivity contribution in [3.8, 4) is 0 Å². The molecule has 0 aliphatic carbocycles. The Kier molecular flexibility index (Phi) is 10.9. The van der Waals surface area contributed by atoms with Crippen molar-refractivity contribution in [1.82, 2.24) is 25.9 Å². The molecule has 3 amide bonds. The van der Waals surface area contributed by atoms with Crippen molar-refractivity contribution >= 4 is 29.7 Å². The minimum Gasteiger partial charge on any atom is -0.481 e. The van der Waals surface area contributed by atoms with Crippen molar-refractivity contribution < 1.29 is 44.4 Å². The van der Waals surface area contributed by atoms with Gasteiger partial charge in [0, 0.05) is 24.7 Å². The Labute approximate surface area is 187 Å². The molecule has 10 N–H and O–H groups in total. The van der Waals surface area contributed by atoms with E-state index >= 15 is 0 Å². The fourth-order valence-corrected chi connectivity index (χ4v) is 2.65. The Balaban J connectivity index is 2.91. The fraction of sp³-hybridized carbons (Fsp3) is 0.556. The number of hydrogen-bond donors (Lipinski definition) is 9. The number of aliphatic carboxylic acids is 2. The van der Waals surface area contributed by atoms with Gasteiger partial charge >= 0.3 is 11.9 Å². The summed E-state index contributed by atoms with van der Waals surface area (Å²) in [6.45, 7) is 0.206. The molecular weight excluding hydrogens is 444 g/mol. The summed E-state index contributed by atoms with van der Waals surface area (Å²) in [7, 11) is 0. The zero-order valence-corrected chi connectivity index (χ0v) is 17.7. The Morgan fingerprint density at radius 2 is 1.70 bits per heavy atom. The number of H-pyrrole nitrogens is 1. The minimum absolute atomic E-state index is 0.0511. The quantitative estimate of drug-likeness (QED) is 0.126. The maximum Gasteiger partial charge on any atom is 0.328 e. The second-order valence-electron chi connectivity index (χ2n) is 7.19. The molecule has 0 saturated heterocycles. The van der Waals surface area contributed by atoms with Gasteiger partial charge < -0.3 is 47.1 Å². The second-order valence-corrected chi connectivity index (χ2v) is 7.19. The molecule has 1 aromatic rings. The average molecular weight is 472 g/mol. The molecule has 184 valence electrons. The van der Waals surface area contributed by atoms with Crippen molar-refractivity contribution in [1.29, 1.82) is 0 Å². The summed E-state index contributed by atoms with van der Waals surface area (Å²) in [5, 5.41) is 43.2. The van der Waals surface area contributed by atoms with E-state index in [2.05, 4.69) is 20.6 Å². The molecule has 1 heterocycles. The lowest BCUT2D eigenvalue weighted by molar-refractivity contribution is -0.144. The third-order valence-corrected chi connectivity index (χ3v) is 4.47. The molecule has 15 heteroatoms. The molecule has 5 unspecified atom stereocenters. The van der Waals surface area contributed by atoms with Crippen LogP contribution in [-0.4, -0.2) is 96.9 Å². The molecule has 33 heavy (non-hydrogen) atoms. The second kappa shape index (κ2) is 13.1. The van der Waals surface area contributed by atoms with E-state index in [0.717, 1.165) is 6.92 Å². The number of nitrogens with zero attached hydrogens (tertiary/aromatic N) is 1. The van der Waals surface area contributed by atoms with Crippen LogP contribution < -0.4 is 21.7 Å². The van der Waals surface area contributed by atoms with Crippen LogP contribution >= 0.6 is 0 Å². The highest BCUT2D eigenvalue weighted by molar-refractivity contribution is 5.94. The van der Waals surface area contributed by atoms with Crippen LogP contribution in [0.2, 0.25) is 0 Å². The Morgan fingerprint density at radius 1 is 1.06 bits per heavy atom. The number of amides is 3. The largest absolute Gasteiger partial charge is 0.481 e. The molecule has 0 fully saturated rings. The lowest BCUT2D eigenvalue weighted by Gasteiger charge is -2.26. The first-order valence-electron chi connectivity index (χ1n) is 9.83. The molecule has 0 aliphatic rings. The van der Waals surface area contributed by atoms with Gasteiger partial charge in [0.05, 0.1) is 25.1 Å². The zero-order chi connectivity index (χ0) is 25.1. The van der Waals surface area contributed by atoms with E-state index in [9.17, 15) is 29.1 Å². The van der Waals surface area contributed by atoms with Crippen LogP contribution in [0.3, 0.4) is 0 Å². The number of aromatic nitrogens is 2. The third-order valence-electron chi connectivity index (χ3n) is 4.47. The van der Waals surface area contributed by atoms with Crippen molar-refractivity contribution in [3.63, 3.8) is 0 Å². The highest BCUT2D eigenvalue weighted by Crippen LogP contribution is 2.04. The smallest absolute Gasteiger partial charge is 0.328 e. The molecule has 0 radical (unpaired) electrons. The predicted molar refractivity (Wildman–Crippen MR) is 109 cm³/mol. The van der Waals surface area contributed by atoms with Crippen LogP contribution in [-0.2, 0) is 30.4 Å². The van der Waals surface area contributed by atoms with Gasteiger partial charge in [0.2, 0.25) is 17.7 Å². The maximum absolute atomic E-state index is 12.7. The van der Waals surface area contributed by atoms with Crippen LogP contribution in [0.15, 0.2) is 12.5 Å². The number of nitrogens with one attached hydrogen (secondary N) is 4. The van der Waals surface area contributed by atoms with Crippen LogP contribution in [0.1, 0.15) is 25.5 Å².